The number of benzene rings is 1. The lowest BCUT2D eigenvalue weighted by atomic mass is 10.2. The minimum Gasteiger partial charge on any atom is -0.399 e. The van der Waals surface area contributed by atoms with Crippen molar-refractivity contribution in [3.8, 4) is 0 Å². The lowest BCUT2D eigenvalue weighted by molar-refractivity contribution is 1.26. The van der Waals surface area contributed by atoms with Crippen LogP contribution in [0.2, 0.25) is 0 Å². The number of pyridine rings is 1. The summed E-state index contributed by atoms with van der Waals surface area (Å²) in [6.45, 7) is 0. The number of hydrogen-bond acceptors (Lipinski definition) is 3. The van der Waals surface area contributed by atoms with Crippen LogP contribution in [0.3, 0.4) is 0 Å². The molecule has 0 bridgehead atoms. The SMILES string of the molecule is Nc1ccc(CSc2ccncc2)cc1. The lowest BCUT2D eigenvalue weighted by Gasteiger charge is -2.01. The Morgan fingerprint density at radius 2 is 1.67 bits per heavy atom. The molecule has 1 heterocycles. The van der Waals surface area contributed by atoms with Gasteiger partial charge in [0.15, 0.2) is 0 Å². The Labute approximate surface area is 93.5 Å². The molecule has 2 N–H and O–H groups in total. The van der Waals surface area contributed by atoms with Crippen molar-refractivity contribution in [1.82, 2.24) is 4.98 Å². The summed E-state index contributed by atoms with van der Waals surface area (Å²) in [7, 11) is 0. The molecule has 0 spiro atoms. The third-order valence-electron chi connectivity index (χ3n) is 2.03. The van der Waals surface area contributed by atoms with Gasteiger partial charge >= 0.3 is 0 Å². The Morgan fingerprint density at radius 3 is 2.33 bits per heavy atom. The third kappa shape index (κ3) is 2.99. The Kier molecular flexibility index (Phi) is 3.25. The first-order valence-corrected chi connectivity index (χ1v) is 5.70. The summed E-state index contributed by atoms with van der Waals surface area (Å²) in [5.74, 6) is 0.963. The second-order valence-electron chi connectivity index (χ2n) is 3.21. The van der Waals surface area contributed by atoms with Gasteiger partial charge in [-0.3, -0.25) is 4.98 Å². The molecule has 3 heteroatoms. The molecule has 1 aromatic heterocycles. The largest absolute Gasteiger partial charge is 0.399 e. The van der Waals surface area contributed by atoms with Gasteiger partial charge in [-0.25, -0.2) is 0 Å². The number of rotatable bonds is 3. The summed E-state index contributed by atoms with van der Waals surface area (Å²) in [6, 6.07) is 12.0. The summed E-state index contributed by atoms with van der Waals surface area (Å²) in [5, 5.41) is 0. The fourth-order valence-corrected chi connectivity index (χ4v) is 2.05. The molecular weight excluding hydrogens is 204 g/mol. The van der Waals surface area contributed by atoms with Gasteiger partial charge in [0.2, 0.25) is 0 Å². The van der Waals surface area contributed by atoms with Crippen LogP contribution < -0.4 is 5.73 Å². The Morgan fingerprint density at radius 1 is 1.00 bits per heavy atom. The predicted molar refractivity (Wildman–Crippen MR) is 64.7 cm³/mol. The Hall–Kier alpha value is -1.48. The molecule has 0 unspecified atom stereocenters. The zero-order valence-corrected chi connectivity index (χ0v) is 9.08. The van der Waals surface area contributed by atoms with Crippen LogP contribution in [0.4, 0.5) is 5.69 Å². The first kappa shape index (κ1) is 10.1. The summed E-state index contributed by atoms with van der Waals surface area (Å²) in [6.07, 6.45) is 3.62. The van der Waals surface area contributed by atoms with Crippen molar-refractivity contribution in [2.75, 3.05) is 5.73 Å². The first-order chi connectivity index (χ1) is 7.34. The molecule has 0 aliphatic carbocycles. The van der Waals surface area contributed by atoms with Gasteiger partial charge in [0.1, 0.15) is 0 Å². The van der Waals surface area contributed by atoms with Crippen molar-refractivity contribution < 1.29 is 0 Å². The smallest absolute Gasteiger partial charge is 0.0314 e. The molecule has 2 nitrogen and oxygen atoms in total. The van der Waals surface area contributed by atoms with Crippen LogP contribution in [0.5, 0.6) is 0 Å². The van der Waals surface area contributed by atoms with E-state index in [1.54, 1.807) is 11.8 Å². The van der Waals surface area contributed by atoms with E-state index in [0.29, 0.717) is 0 Å². The lowest BCUT2D eigenvalue weighted by Crippen LogP contribution is -1.85. The average Bonchev–Trinajstić information content (AvgIpc) is 2.30. The van der Waals surface area contributed by atoms with E-state index >= 15 is 0 Å². The molecular formula is C12H12N2S. The van der Waals surface area contributed by atoms with Crippen LogP contribution in [0.25, 0.3) is 0 Å². The van der Waals surface area contributed by atoms with Crippen LogP contribution >= 0.6 is 11.8 Å². The quantitative estimate of drug-likeness (QED) is 0.633. The molecule has 15 heavy (non-hydrogen) atoms. The topological polar surface area (TPSA) is 38.9 Å². The van der Waals surface area contributed by atoms with E-state index < -0.39 is 0 Å². The summed E-state index contributed by atoms with van der Waals surface area (Å²) >= 11 is 1.80. The van der Waals surface area contributed by atoms with E-state index in [9.17, 15) is 0 Å². The Balaban J connectivity index is 1.96. The molecule has 0 saturated carbocycles. The van der Waals surface area contributed by atoms with Crippen molar-refractivity contribution in [1.29, 1.82) is 0 Å². The molecule has 2 rings (SSSR count). The van der Waals surface area contributed by atoms with Crippen molar-refractivity contribution in [2.45, 2.75) is 10.6 Å². The number of aromatic nitrogens is 1. The van der Waals surface area contributed by atoms with Crippen LogP contribution in [-0.2, 0) is 5.75 Å². The minimum atomic E-state index is 0.813. The minimum absolute atomic E-state index is 0.813. The van der Waals surface area contributed by atoms with Crippen LogP contribution in [0.15, 0.2) is 53.7 Å². The fraction of sp³-hybridized carbons (Fsp3) is 0.0833. The molecule has 0 aliphatic rings. The maximum Gasteiger partial charge on any atom is 0.0314 e. The first-order valence-electron chi connectivity index (χ1n) is 4.72. The second-order valence-corrected chi connectivity index (χ2v) is 4.26. The van der Waals surface area contributed by atoms with Crippen LogP contribution in [-0.4, -0.2) is 4.98 Å². The molecule has 0 aliphatic heterocycles. The molecule has 0 fully saturated rings. The van der Waals surface area contributed by atoms with Gasteiger partial charge in [-0.1, -0.05) is 12.1 Å². The second kappa shape index (κ2) is 4.84. The number of hydrogen-bond donors (Lipinski definition) is 1. The summed E-state index contributed by atoms with van der Waals surface area (Å²) < 4.78 is 0. The van der Waals surface area contributed by atoms with Crippen molar-refractivity contribution in [3.63, 3.8) is 0 Å². The van der Waals surface area contributed by atoms with Gasteiger partial charge in [-0.05, 0) is 29.8 Å². The highest BCUT2D eigenvalue weighted by molar-refractivity contribution is 7.98. The summed E-state index contributed by atoms with van der Waals surface area (Å²) in [5.41, 5.74) is 7.71. The zero-order chi connectivity index (χ0) is 10.5. The number of nitrogen functional groups attached to an aromatic ring is 1. The van der Waals surface area contributed by atoms with Crippen molar-refractivity contribution in [2.24, 2.45) is 0 Å². The third-order valence-corrected chi connectivity index (χ3v) is 3.12. The number of nitrogens with two attached hydrogens (primary N) is 1. The van der Waals surface area contributed by atoms with Gasteiger partial charge in [0, 0.05) is 28.7 Å². The van der Waals surface area contributed by atoms with E-state index in [-0.39, 0.29) is 0 Å². The van der Waals surface area contributed by atoms with E-state index in [4.69, 9.17) is 5.73 Å². The normalized spacial score (nSPS) is 10.1. The number of thioether (sulfide) groups is 1. The maximum atomic E-state index is 5.62. The zero-order valence-electron chi connectivity index (χ0n) is 8.26. The van der Waals surface area contributed by atoms with Gasteiger partial charge in [0.05, 0.1) is 0 Å². The molecule has 0 amide bonds. The van der Waals surface area contributed by atoms with Crippen LogP contribution in [0, 0.1) is 0 Å². The Bertz CT molecular complexity index is 411. The van der Waals surface area contributed by atoms with Crippen LogP contribution in [0.1, 0.15) is 5.56 Å². The molecule has 2 aromatic rings. The monoisotopic (exact) mass is 216 g/mol. The average molecular weight is 216 g/mol. The van der Waals surface area contributed by atoms with E-state index in [0.717, 1.165) is 11.4 Å². The van der Waals surface area contributed by atoms with Gasteiger partial charge in [-0.15, -0.1) is 11.8 Å². The van der Waals surface area contributed by atoms with Gasteiger partial charge in [-0.2, -0.15) is 0 Å². The summed E-state index contributed by atoms with van der Waals surface area (Å²) in [4.78, 5) is 5.22. The predicted octanol–water partition coefficient (Wildman–Crippen LogP) is 2.96. The molecule has 0 saturated heterocycles. The molecule has 0 atom stereocenters. The van der Waals surface area contributed by atoms with Crippen molar-refractivity contribution >= 4 is 17.4 Å². The van der Waals surface area contributed by atoms with Gasteiger partial charge in [0.25, 0.3) is 0 Å². The standard InChI is InChI=1S/C12H12N2S/c13-11-3-1-10(2-4-11)9-15-12-5-7-14-8-6-12/h1-8H,9,13H2. The highest BCUT2D eigenvalue weighted by atomic mass is 32.2. The maximum absolute atomic E-state index is 5.62. The molecule has 76 valence electrons. The number of anilines is 1. The number of nitrogens with zero attached hydrogens (tertiary/aromatic N) is 1. The fourth-order valence-electron chi connectivity index (χ4n) is 1.21. The van der Waals surface area contributed by atoms with Crippen molar-refractivity contribution in [3.05, 3.63) is 54.4 Å². The van der Waals surface area contributed by atoms with Gasteiger partial charge < -0.3 is 5.73 Å². The molecule has 1 aromatic carbocycles. The highest BCUT2D eigenvalue weighted by Crippen LogP contribution is 2.21. The highest BCUT2D eigenvalue weighted by Gasteiger charge is 1.95. The molecule has 0 radical (unpaired) electrons. The van der Waals surface area contributed by atoms with E-state index in [2.05, 4.69) is 17.1 Å². The van der Waals surface area contributed by atoms with E-state index in [1.165, 1.54) is 10.5 Å². The van der Waals surface area contributed by atoms with E-state index in [1.807, 2.05) is 36.7 Å².